The van der Waals surface area contributed by atoms with E-state index in [1.165, 1.54) is 19.1 Å². The van der Waals surface area contributed by atoms with Gasteiger partial charge in [0, 0.05) is 6.42 Å². The van der Waals surface area contributed by atoms with Crippen LogP contribution in [0.3, 0.4) is 0 Å². The number of carbonyl (C=O) groups excluding carboxylic acids is 4. The number of methoxy groups -OCH3 is 1. The normalized spacial score (nSPS) is 20.9. The molecule has 5 atom stereocenters. The van der Waals surface area contributed by atoms with Crippen molar-refractivity contribution in [1.82, 2.24) is 0 Å². The zero-order valence-electron chi connectivity index (χ0n) is 27.8. The van der Waals surface area contributed by atoms with Crippen molar-refractivity contribution in [1.29, 1.82) is 0 Å². The van der Waals surface area contributed by atoms with Crippen LogP contribution < -0.4 is 0 Å². The highest BCUT2D eigenvalue weighted by Gasteiger charge is 2.56. The largest absolute Gasteiger partial charge is 0.477 e. The number of unbranched alkanes of at least 4 members (excludes halogenated alkanes) is 2. The number of ketones is 1. The second kappa shape index (κ2) is 20.2. The molecule has 1 fully saturated rings. The summed E-state index contributed by atoms with van der Waals surface area (Å²) in [6, 6.07) is 16.9. The van der Waals surface area contributed by atoms with E-state index in [9.17, 15) is 23.7 Å². The molecule has 0 amide bonds. The third kappa shape index (κ3) is 12.2. The van der Waals surface area contributed by atoms with Gasteiger partial charge in [-0.2, -0.15) is 0 Å². The average molecular weight is 693 g/mol. The molecule has 0 aromatic heterocycles. The number of hydrogen-bond donors (Lipinski definition) is 0. The van der Waals surface area contributed by atoms with Crippen LogP contribution in [-0.4, -0.2) is 74.7 Å². The maximum absolute atomic E-state index is 14.0. The summed E-state index contributed by atoms with van der Waals surface area (Å²) in [4.78, 5) is 51.5. The van der Waals surface area contributed by atoms with E-state index in [0.29, 0.717) is 18.4 Å². The molecule has 48 heavy (non-hydrogen) atoms. The molecule has 0 radical (unpaired) electrons. The quantitative estimate of drug-likeness (QED) is 0.0717. The van der Waals surface area contributed by atoms with Crippen molar-refractivity contribution in [2.24, 2.45) is 0 Å². The summed E-state index contributed by atoms with van der Waals surface area (Å²) in [5.74, 6) is -2.91. The van der Waals surface area contributed by atoms with Gasteiger partial charge in [0.05, 0.1) is 38.9 Å². The number of esters is 3. The van der Waals surface area contributed by atoms with E-state index in [4.69, 9.17) is 37.3 Å². The maximum Gasteiger partial charge on any atom is 0.477 e. The fourth-order valence-corrected chi connectivity index (χ4v) is 5.86. The number of phosphoric acid groups is 1. The summed E-state index contributed by atoms with van der Waals surface area (Å²) < 4.78 is 59.9. The fraction of sp³-hybridized carbons (Fsp3) is 0.529. The molecule has 0 N–H and O–H groups in total. The molecule has 0 saturated carbocycles. The van der Waals surface area contributed by atoms with Crippen LogP contribution in [0.15, 0.2) is 60.7 Å². The Labute approximate surface area is 281 Å². The maximum atomic E-state index is 14.0. The van der Waals surface area contributed by atoms with Crippen LogP contribution in [0.5, 0.6) is 0 Å². The van der Waals surface area contributed by atoms with E-state index in [0.717, 1.165) is 20.0 Å². The van der Waals surface area contributed by atoms with Crippen LogP contribution >= 0.6 is 7.82 Å². The van der Waals surface area contributed by atoms with E-state index < -0.39 is 56.4 Å². The van der Waals surface area contributed by atoms with Crippen molar-refractivity contribution in [2.75, 3.05) is 20.3 Å². The predicted molar refractivity (Wildman–Crippen MR) is 172 cm³/mol. The molecule has 264 valence electrons. The topological polar surface area (TPSA) is 159 Å². The lowest BCUT2D eigenvalue weighted by Crippen LogP contribution is -2.63. The van der Waals surface area contributed by atoms with E-state index >= 15 is 0 Å². The van der Waals surface area contributed by atoms with Crippen LogP contribution in [0.4, 0.5) is 0 Å². The summed E-state index contributed by atoms with van der Waals surface area (Å²) in [6.45, 7) is 5.09. The van der Waals surface area contributed by atoms with Crippen molar-refractivity contribution < 1.29 is 61.0 Å². The predicted octanol–water partition coefficient (Wildman–Crippen LogP) is 5.73. The molecule has 1 aliphatic rings. The van der Waals surface area contributed by atoms with Crippen molar-refractivity contribution >= 4 is 31.5 Å². The second-order valence-electron chi connectivity index (χ2n) is 11.0. The smallest absolute Gasteiger partial charge is 0.467 e. The zero-order chi connectivity index (χ0) is 34.9. The van der Waals surface area contributed by atoms with Gasteiger partial charge in [0.25, 0.3) is 0 Å². The van der Waals surface area contributed by atoms with Crippen LogP contribution in [-0.2, 0) is 62.8 Å². The molecule has 0 aliphatic carbocycles. The molecule has 13 nitrogen and oxygen atoms in total. The molecule has 1 aliphatic heterocycles. The molecule has 0 bridgehead atoms. The lowest BCUT2D eigenvalue weighted by atomic mass is 9.97. The zero-order valence-corrected chi connectivity index (χ0v) is 28.7. The number of ether oxygens (including phenoxy) is 5. The van der Waals surface area contributed by atoms with Crippen molar-refractivity contribution in [3.8, 4) is 0 Å². The Bertz CT molecular complexity index is 1340. The molecular formula is C34H45O13P. The van der Waals surface area contributed by atoms with Crippen molar-refractivity contribution in [3.05, 3.63) is 71.8 Å². The first-order valence-corrected chi connectivity index (χ1v) is 17.5. The molecule has 1 heterocycles. The van der Waals surface area contributed by atoms with E-state index in [1.54, 1.807) is 42.5 Å². The van der Waals surface area contributed by atoms with E-state index in [-0.39, 0.29) is 44.0 Å². The summed E-state index contributed by atoms with van der Waals surface area (Å²) in [6.07, 6.45) is -6.08. The number of Topliss-reactive ketones (excluding diaryl/α,β-unsaturated/α-hetero) is 1. The molecule has 0 unspecified atom stereocenters. The van der Waals surface area contributed by atoms with Gasteiger partial charge < -0.3 is 28.5 Å². The van der Waals surface area contributed by atoms with Gasteiger partial charge >= 0.3 is 25.7 Å². The lowest BCUT2D eigenvalue weighted by molar-refractivity contribution is -0.287. The summed E-state index contributed by atoms with van der Waals surface area (Å²) in [7, 11) is -3.31. The van der Waals surface area contributed by atoms with Crippen LogP contribution in [0, 0.1) is 0 Å². The molecule has 2 aromatic rings. The first-order chi connectivity index (χ1) is 23.1. The number of phosphoric ester groups is 1. The minimum atomic E-state index is -4.43. The minimum absolute atomic E-state index is 0.00773. The number of carbonyl (C=O) groups is 4. The Kier molecular flexibility index (Phi) is 16.4. The Balaban J connectivity index is 2.10. The van der Waals surface area contributed by atoms with E-state index in [2.05, 4.69) is 0 Å². The number of benzene rings is 2. The highest BCUT2D eigenvalue weighted by Crippen LogP contribution is 2.52. The second-order valence-corrected chi connectivity index (χ2v) is 12.6. The van der Waals surface area contributed by atoms with Gasteiger partial charge in [-0.15, -0.1) is 0 Å². The first-order valence-electron chi connectivity index (χ1n) is 16.0. The van der Waals surface area contributed by atoms with Gasteiger partial charge in [-0.1, -0.05) is 75.2 Å². The summed E-state index contributed by atoms with van der Waals surface area (Å²) >= 11 is 0. The molecule has 1 saturated heterocycles. The van der Waals surface area contributed by atoms with Crippen molar-refractivity contribution in [2.45, 2.75) is 96.6 Å². The van der Waals surface area contributed by atoms with Gasteiger partial charge in [0.2, 0.25) is 6.29 Å². The molecule has 0 spiro atoms. The molecular weight excluding hydrogens is 647 g/mol. The highest BCUT2D eigenvalue weighted by molar-refractivity contribution is 7.48. The average Bonchev–Trinajstić information content (AvgIpc) is 3.08. The number of hydrogen-bond acceptors (Lipinski definition) is 13. The third-order valence-electron chi connectivity index (χ3n) is 7.14. The fourth-order valence-electron chi connectivity index (χ4n) is 4.53. The first kappa shape index (κ1) is 39.0. The highest BCUT2D eigenvalue weighted by atomic mass is 31.2. The SMILES string of the molecule is CCCCOP(=O)(OCCCC)O[C@@H]1O[C@H](C(=O)OC)[C@@H](OCc2ccccc2)[C@H](OC(=O)CCC(C)=O)[C@H]1OC(=O)c1ccccc1. The molecule has 3 rings (SSSR count). The summed E-state index contributed by atoms with van der Waals surface area (Å²) in [5, 5.41) is 0. The Hall–Kier alpha value is -3.45. The van der Waals surface area contributed by atoms with Crippen LogP contribution in [0.2, 0.25) is 0 Å². The third-order valence-corrected chi connectivity index (χ3v) is 8.61. The monoisotopic (exact) mass is 692 g/mol. The number of rotatable bonds is 20. The van der Waals surface area contributed by atoms with Gasteiger partial charge in [-0.25, -0.2) is 14.2 Å². The van der Waals surface area contributed by atoms with Gasteiger partial charge in [-0.3, -0.25) is 18.4 Å². The lowest BCUT2D eigenvalue weighted by Gasteiger charge is -2.44. The Morgan fingerprint density at radius 3 is 1.96 bits per heavy atom. The Morgan fingerprint density at radius 2 is 1.40 bits per heavy atom. The van der Waals surface area contributed by atoms with Gasteiger partial charge in [-0.05, 0) is 37.5 Å². The van der Waals surface area contributed by atoms with Crippen molar-refractivity contribution in [3.63, 3.8) is 0 Å². The van der Waals surface area contributed by atoms with Crippen LogP contribution in [0.25, 0.3) is 0 Å². The molecule has 14 heteroatoms. The van der Waals surface area contributed by atoms with Gasteiger partial charge in [0.15, 0.2) is 18.3 Å². The molecule has 2 aromatic carbocycles. The standard InChI is InChI=1S/C34H45O13P/c1-5-7-21-42-48(39,43-22-8-6-2)47-34-31(45-32(37)26-17-13-10-14-18-26)29(44-27(36)20-19-24(3)35)28(30(46-34)33(38)40-4)41-23-25-15-11-9-12-16-25/h9-18,28-31,34H,5-8,19-23H2,1-4H3/t28-,29-,30-,31+,34-/m0/s1. The minimum Gasteiger partial charge on any atom is -0.467 e. The van der Waals surface area contributed by atoms with E-state index in [1.807, 2.05) is 19.9 Å². The van der Waals surface area contributed by atoms with Crippen LogP contribution in [0.1, 0.15) is 75.2 Å². The van der Waals surface area contributed by atoms with Gasteiger partial charge in [0.1, 0.15) is 11.9 Å². The summed E-state index contributed by atoms with van der Waals surface area (Å²) in [5.41, 5.74) is 0.841. The Morgan fingerprint density at radius 1 is 0.792 bits per heavy atom.